The summed E-state index contributed by atoms with van der Waals surface area (Å²) in [5, 5.41) is 15.1. The van der Waals surface area contributed by atoms with Crippen molar-refractivity contribution >= 4 is 38.2 Å². The standard InChI is InChI=1S/C9H7BrN4O3S/c10-5-2-1-3-7(14(15)16)8(5)17-4-6-9(11)18-13-12-6/h1-3H,4,11H2. The highest BCUT2D eigenvalue weighted by Gasteiger charge is 2.18. The number of rotatable bonds is 4. The molecule has 1 aromatic carbocycles. The first kappa shape index (κ1) is 12.7. The van der Waals surface area contributed by atoms with Crippen LogP contribution in [0.2, 0.25) is 0 Å². The monoisotopic (exact) mass is 330 g/mol. The molecule has 0 atom stereocenters. The molecule has 1 aromatic heterocycles. The van der Waals surface area contributed by atoms with Gasteiger partial charge < -0.3 is 10.5 Å². The Kier molecular flexibility index (Phi) is 3.72. The second-order valence-electron chi connectivity index (χ2n) is 3.22. The van der Waals surface area contributed by atoms with Crippen molar-refractivity contribution in [3.63, 3.8) is 0 Å². The van der Waals surface area contributed by atoms with Gasteiger partial charge in [-0.05, 0) is 22.0 Å². The van der Waals surface area contributed by atoms with E-state index in [4.69, 9.17) is 10.5 Å². The van der Waals surface area contributed by atoms with Crippen molar-refractivity contribution in [2.24, 2.45) is 0 Å². The maximum absolute atomic E-state index is 10.9. The number of ether oxygens (including phenoxy) is 1. The van der Waals surface area contributed by atoms with E-state index in [9.17, 15) is 10.1 Å². The van der Waals surface area contributed by atoms with Crippen LogP contribution < -0.4 is 10.5 Å². The molecule has 0 saturated carbocycles. The topological polar surface area (TPSA) is 104 Å². The number of nitro benzene ring substituents is 1. The number of aromatic nitrogens is 2. The first-order valence-corrected chi connectivity index (χ1v) is 6.28. The molecule has 0 saturated heterocycles. The van der Waals surface area contributed by atoms with Gasteiger partial charge in [0.05, 0.1) is 9.40 Å². The van der Waals surface area contributed by atoms with E-state index >= 15 is 0 Å². The second-order valence-corrected chi connectivity index (χ2v) is 4.86. The lowest BCUT2D eigenvalue weighted by Crippen LogP contribution is -2.02. The fourth-order valence-electron chi connectivity index (χ4n) is 1.24. The summed E-state index contributed by atoms with van der Waals surface area (Å²) in [6.07, 6.45) is 0. The Hall–Kier alpha value is -1.74. The fraction of sp³-hybridized carbons (Fsp3) is 0.111. The second kappa shape index (κ2) is 5.27. The Labute approximate surface area is 114 Å². The first-order chi connectivity index (χ1) is 8.59. The smallest absolute Gasteiger partial charge is 0.312 e. The van der Waals surface area contributed by atoms with Crippen LogP contribution >= 0.6 is 27.5 Å². The van der Waals surface area contributed by atoms with E-state index < -0.39 is 4.92 Å². The van der Waals surface area contributed by atoms with Gasteiger partial charge in [0.25, 0.3) is 0 Å². The third kappa shape index (κ3) is 2.57. The van der Waals surface area contributed by atoms with E-state index in [-0.39, 0.29) is 18.0 Å². The predicted octanol–water partition coefficient (Wildman–Crippen LogP) is 2.37. The van der Waals surface area contributed by atoms with Gasteiger partial charge in [-0.2, -0.15) is 0 Å². The molecule has 7 nitrogen and oxygen atoms in total. The highest BCUT2D eigenvalue weighted by molar-refractivity contribution is 9.10. The van der Waals surface area contributed by atoms with E-state index in [1.54, 1.807) is 12.1 Å². The minimum Gasteiger partial charge on any atom is -0.479 e. The molecule has 0 amide bonds. The molecule has 9 heteroatoms. The number of hydrogen-bond acceptors (Lipinski definition) is 7. The van der Waals surface area contributed by atoms with Gasteiger partial charge in [0.1, 0.15) is 17.3 Å². The molecule has 18 heavy (non-hydrogen) atoms. The van der Waals surface area contributed by atoms with Gasteiger partial charge in [0.15, 0.2) is 0 Å². The summed E-state index contributed by atoms with van der Waals surface area (Å²) in [5.74, 6) is 0.148. The Balaban J connectivity index is 2.24. The number of anilines is 1. The number of nitrogens with zero attached hydrogens (tertiary/aromatic N) is 3. The molecule has 0 unspecified atom stereocenters. The molecule has 0 spiro atoms. The fourth-order valence-corrected chi connectivity index (χ4v) is 2.14. The number of para-hydroxylation sites is 1. The first-order valence-electron chi connectivity index (χ1n) is 4.72. The van der Waals surface area contributed by atoms with Crippen molar-refractivity contribution in [1.82, 2.24) is 9.59 Å². The van der Waals surface area contributed by atoms with Gasteiger partial charge in [0, 0.05) is 17.6 Å². The van der Waals surface area contributed by atoms with E-state index in [1.165, 1.54) is 6.07 Å². The third-order valence-electron chi connectivity index (χ3n) is 2.08. The van der Waals surface area contributed by atoms with Crippen LogP contribution in [-0.2, 0) is 6.61 Å². The number of halogens is 1. The number of benzene rings is 1. The summed E-state index contributed by atoms with van der Waals surface area (Å²) in [4.78, 5) is 10.3. The molecule has 0 fully saturated rings. The maximum atomic E-state index is 10.9. The van der Waals surface area contributed by atoms with Crippen LogP contribution in [0, 0.1) is 10.1 Å². The zero-order chi connectivity index (χ0) is 13.1. The lowest BCUT2D eigenvalue weighted by Gasteiger charge is -2.07. The Morgan fingerprint density at radius 3 is 2.94 bits per heavy atom. The molecular weight excluding hydrogens is 324 g/mol. The minimum atomic E-state index is -0.511. The Morgan fingerprint density at radius 2 is 2.33 bits per heavy atom. The minimum absolute atomic E-state index is 0.0335. The molecule has 0 aliphatic heterocycles. The molecule has 0 aliphatic rings. The Bertz CT molecular complexity index is 589. The van der Waals surface area contributed by atoms with Crippen LogP contribution in [0.5, 0.6) is 5.75 Å². The molecular formula is C9H7BrN4O3S. The molecule has 2 N–H and O–H groups in total. The van der Waals surface area contributed by atoms with Crippen molar-refractivity contribution in [1.29, 1.82) is 0 Å². The lowest BCUT2D eigenvalue weighted by molar-refractivity contribution is -0.386. The summed E-state index contributed by atoms with van der Waals surface area (Å²) < 4.78 is 9.54. The van der Waals surface area contributed by atoms with Gasteiger partial charge in [-0.1, -0.05) is 10.6 Å². The Morgan fingerprint density at radius 1 is 1.56 bits per heavy atom. The maximum Gasteiger partial charge on any atom is 0.312 e. The zero-order valence-corrected chi connectivity index (χ0v) is 11.3. The highest BCUT2D eigenvalue weighted by atomic mass is 79.9. The predicted molar refractivity (Wildman–Crippen MR) is 69.4 cm³/mol. The van der Waals surface area contributed by atoms with Gasteiger partial charge in [-0.3, -0.25) is 10.1 Å². The summed E-state index contributed by atoms with van der Waals surface area (Å²) in [5.41, 5.74) is 5.95. The average molecular weight is 331 g/mol. The average Bonchev–Trinajstić information content (AvgIpc) is 2.73. The van der Waals surface area contributed by atoms with Gasteiger partial charge in [-0.25, -0.2) is 0 Å². The molecule has 0 aliphatic carbocycles. The largest absolute Gasteiger partial charge is 0.479 e. The van der Waals surface area contributed by atoms with Crippen LogP contribution in [0.4, 0.5) is 10.7 Å². The molecule has 2 aromatic rings. The number of nitro groups is 1. The highest BCUT2D eigenvalue weighted by Crippen LogP contribution is 2.35. The SMILES string of the molecule is Nc1snnc1COc1c(Br)cccc1[N+](=O)[O-]. The van der Waals surface area contributed by atoms with E-state index in [0.717, 1.165) is 11.5 Å². The van der Waals surface area contributed by atoms with Crippen molar-refractivity contribution < 1.29 is 9.66 Å². The lowest BCUT2D eigenvalue weighted by atomic mass is 10.3. The van der Waals surface area contributed by atoms with Crippen molar-refractivity contribution in [2.45, 2.75) is 6.61 Å². The van der Waals surface area contributed by atoms with Crippen molar-refractivity contribution in [3.05, 3.63) is 38.5 Å². The van der Waals surface area contributed by atoms with Crippen molar-refractivity contribution in [3.8, 4) is 5.75 Å². The zero-order valence-electron chi connectivity index (χ0n) is 8.87. The van der Waals surface area contributed by atoms with Crippen LogP contribution in [0.1, 0.15) is 5.69 Å². The summed E-state index contributed by atoms with van der Waals surface area (Å²) in [6.45, 7) is 0.0335. The van der Waals surface area contributed by atoms with E-state index in [1.807, 2.05) is 0 Å². The van der Waals surface area contributed by atoms with Gasteiger partial charge in [-0.15, -0.1) is 5.10 Å². The third-order valence-corrected chi connectivity index (χ3v) is 3.30. The van der Waals surface area contributed by atoms with Crippen LogP contribution in [0.25, 0.3) is 0 Å². The number of nitrogen functional groups attached to an aromatic ring is 1. The number of hydrogen-bond donors (Lipinski definition) is 1. The molecule has 0 bridgehead atoms. The van der Waals surface area contributed by atoms with Crippen LogP contribution in [0.3, 0.4) is 0 Å². The van der Waals surface area contributed by atoms with Crippen molar-refractivity contribution in [2.75, 3.05) is 5.73 Å². The molecule has 2 rings (SSSR count). The molecule has 0 radical (unpaired) electrons. The molecule has 1 heterocycles. The van der Waals surface area contributed by atoms with E-state index in [0.29, 0.717) is 15.2 Å². The van der Waals surface area contributed by atoms with Crippen LogP contribution in [0.15, 0.2) is 22.7 Å². The van der Waals surface area contributed by atoms with Gasteiger partial charge >= 0.3 is 5.69 Å². The summed E-state index contributed by atoms with van der Waals surface area (Å²) in [7, 11) is 0. The summed E-state index contributed by atoms with van der Waals surface area (Å²) in [6, 6.07) is 4.58. The number of nitrogens with two attached hydrogens (primary N) is 1. The summed E-state index contributed by atoms with van der Waals surface area (Å²) >= 11 is 4.25. The van der Waals surface area contributed by atoms with E-state index in [2.05, 4.69) is 25.5 Å². The quantitative estimate of drug-likeness (QED) is 0.681. The van der Waals surface area contributed by atoms with Gasteiger partial charge in [0.2, 0.25) is 5.75 Å². The van der Waals surface area contributed by atoms with Crippen LogP contribution in [-0.4, -0.2) is 14.5 Å². The molecule has 94 valence electrons. The normalized spacial score (nSPS) is 10.3.